The van der Waals surface area contributed by atoms with Gasteiger partial charge < -0.3 is 15.7 Å². The van der Waals surface area contributed by atoms with Crippen molar-refractivity contribution in [3.8, 4) is 0 Å². The van der Waals surface area contributed by atoms with Gasteiger partial charge in [-0.05, 0) is 19.1 Å². The Labute approximate surface area is 108 Å². The number of hydrogen-bond donors (Lipinski definition) is 2. The molecule has 0 atom stereocenters. The lowest BCUT2D eigenvalue weighted by Crippen LogP contribution is -1.95. The third kappa shape index (κ3) is 7.24. The molecule has 1 rings (SSSR count). The second-order valence-electron chi connectivity index (χ2n) is 3.43. The Kier molecular flexibility index (Phi) is 8.95. The van der Waals surface area contributed by atoms with E-state index in [1.54, 1.807) is 31.2 Å². The van der Waals surface area contributed by atoms with E-state index in [-0.39, 0.29) is 0 Å². The second-order valence-corrected chi connectivity index (χ2v) is 3.43. The monoisotopic (exact) mass is 248 g/mol. The van der Waals surface area contributed by atoms with Crippen LogP contribution in [0.4, 0.5) is 5.69 Å². The largest absolute Gasteiger partial charge is 0.411 e. The molecular formula is C14H20N2O2. The molecule has 98 valence electrons. The summed E-state index contributed by atoms with van der Waals surface area (Å²) in [6.07, 6.45) is 3.42. The van der Waals surface area contributed by atoms with Gasteiger partial charge in [0.25, 0.3) is 0 Å². The predicted octanol–water partition coefficient (Wildman–Crippen LogP) is 2.84. The van der Waals surface area contributed by atoms with Crippen molar-refractivity contribution < 1.29 is 9.94 Å². The van der Waals surface area contributed by atoms with Crippen molar-refractivity contribution in [2.75, 3.05) is 18.9 Å². The Morgan fingerprint density at radius 2 is 2.00 bits per heavy atom. The van der Waals surface area contributed by atoms with Gasteiger partial charge in [-0.3, -0.25) is 0 Å². The molecule has 0 aliphatic rings. The first-order valence-corrected chi connectivity index (χ1v) is 5.49. The van der Waals surface area contributed by atoms with Gasteiger partial charge in [-0.15, -0.1) is 13.2 Å². The molecule has 1 aromatic carbocycles. The molecule has 0 aliphatic carbocycles. The van der Waals surface area contributed by atoms with Gasteiger partial charge in [0.1, 0.15) is 0 Å². The number of nitrogens with two attached hydrogens (primary N) is 1. The predicted molar refractivity (Wildman–Crippen MR) is 76.1 cm³/mol. The van der Waals surface area contributed by atoms with E-state index in [0.717, 1.165) is 5.56 Å². The van der Waals surface area contributed by atoms with Crippen LogP contribution in [0.15, 0.2) is 54.7 Å². The van der Waals surface area contributed by atoms with Crippen molar-refractivity contribution >= 4 is 11.4 Å². The van der Waals surface area contributed by atoms with E-state index in [1.807, 2.05) is 12.1 Å². The molecule has 18 heavy (non-hydrogen) atoms. The van der Waals surface area contributed by atoms with E-state index in [2.05, 4.69) is 18.3 Å². The third-order valence-corrected chi connectivity index (χ3v) is 1.93. The van der Waals surface area contributed by atoms with Crippen molar-refractivity contribution in [2.24, 2.45) is 5.16 Å². The van der Waals surface area contributed by atoms with E-state index in [9.17, 15) is 0 Å². The third-order valence-electron chi connectivity index (χ3n) is 1.93. The molecule has 0 spiro atoms. The number of benzene rings is 1. The smallest absolute Gasteiger partial charge is 0.0837 e. The van der Waals surface area contributed by atoms with Crippen LogP contribution in [-0.2, 0) is 4.74 Å². The number of nitrogens with zero attached hydrogens (tertiary/aromatic N) is 1. The maximum atomic E-state index is 8.43. The number of oxime groups is 1. The van der Waals surface area contributed by atoms with Gasteiger partial charge in [0.05, 0.1) is 18.9 Å². The van der Waals surface area contributed by atoms with Crippen molar-refractivity contribution in [3.63, 3.8) is 0 Å². The molecule has 0 fully saturated rings. The van der Waals surface area contributed by atoms with Gasteiger partial charge in [0, 0.05) is 11.3 Å². The minimum absolute atomic E-state index is 0.567. The Bertz CT molecular complexity index is 393. The highest BCUT2D eigenvalue weighted by Gasteiger charge is 1.95. The number of nitrogen functional groups attached to an aromatic ring is 1. The Morgan fingerprint density at radius 3 is 2.44 bits per heavy atom. The summed E-state index contributed by atoms with van der Waals surface area (Å²) in [6, 6.07) is 7.20. The number of rotatable bonds is 5. The van der Waals surface area contributed by atoms with Gasteiger partial charge in [-0.2, -0.15) is 0 Å². The first-order chi connectivity index (χ1) is 8.65. The standard InChI is InChI=1S/C8H10N2O.C6H10O/c1-6(10-11)7-3-2-4-8(9)5-7;1-3-5-7-6-4-2/h2-5,11H,9H2,1H3;3-4H,1-2,5-6H2. The zero-order valence-electron chi connectivity index (χ0n) is 10.7. The Morgan fingerprint density at radius 1 is 1.39 bits per heavy atom. The Balaban J connectivity index is 0.000000360. The molecule has 1 aromatic rings. The van der Waals surface area contributed by atoms with Crippen molar-refractivity contribution in [3.05, 3.63) is 55.1 Å². The van der Waals surface area contributed by atoms with Gasteiger partial charge in [-0.1, -0.05) is 29.4 Å². The molecule has 0 bridgehead atoms. The topological polar surface area (TPSA) is 67.8 Å². The van der Waals surface area contributed by atoms with E-state index in [4.69, 9.17) is 15.7 Å². The zero-order valence-corrected chi connectivity index (χ0v) is 10.7. The van der Waals surface area contributed by atoms with E-state index in [0.29, 0.717) is 24.6 Å². The molecular weight excluding hydrogens is 228 g/mol. The van der Waals surface area contributed by atoms with Gasteiger partial charge in [-0.25, -0.2) is 0 Å². The van der Waals surface area contributed by atoms with Gasteiger partial charge in [0.2, 0.25) is 0 Å². The van der Waals surface area contributed by atoms with Crippen molar-refractivity contribution in [2.45, 2.75) is 6.92 Å². The van der Waals surface area contributed by atoms with Crippen LogP contribution in [0.1, 0.15) is 12.5 Å². The highest BCUT2D eigenvalue weighted by molar-refractivity contribution is 5.98. The van der Waals surface area contributed by atoms with Crippen molar-refractivity contribution in [1.82, 2.24) is 0 Å². The first-order valence-electron chi connectivity index (χ1n) is 5.49. The maximum Gasteiger partial charge on any atom is 0.0837 e. The molecule has 0 unspecified atom stereocenters. The van der Waals surface area contributed by atoms with Crippen molar-refractivity contribution in [1.29, 1.82) is 0 Å². The number of ether oxygens (including phenoxy) is 1. The van der Waals surface area contributed by atoms with Crippen LogP contribution in [0, 0.1) is 0 Å². The fraction of sp³-hybridized carbons (Fsp3) is 0.214. The minimum atomic E-state index is 0.567. The van der Waals surface area contributed by atoms with Gasteiger partial charge in [0.15, 0.2) is 0 Å². The Hall–Kier alpha value is -2.07. The molecule has 4 nitrogen and oxygen atoms in total. The summed E-state index contributed by atoms with van der Waals surface area (Å²) in [4.78, 5) is 0. The lowest BCUT2D eigenvalue weighted by molar-refractivity contribution is 0.194. The highest BCUT2D eigenvalue weighted by Crippen LogP contribution is 2.06. The van der Waals surface area contributed by atoms with Crippen LogP contribution in [0.25, 0.3) is 0 Å². The van der Waals surface area contributed by atoms with Crippen LogP contribution in [-0.4, -0.2) is 24.1 Å². The second kappa shape index (κ2) is 10.1. The minimum Gasteiger partial charge on any atom is -0.411 e. The maximum absolute atomic E-state index is 8.43. The van der Waals surface area contributed by atoms with E-state index < -0.39 is 0 Å². The summed E-state index contributed by atoms with van der Waals surface area (Å²) >= 11 is 0. The lowest BCUT2D eigenvalue weighted by Gasteiger charge is -1.98. The van der Waals surface area contributed by atoms with E-state index in [1.165, 1.54) is 0 Å². The average Bonchev–Trinajstić information content (AvgIpc) is 2.39. The highest BCUT2D eigenvalue weighted by atomic mass is 16.5. The average molecular weight is 248 g/mol. The molecule has 0 amide bonds. The van der Waals surface area contributed by atoms with Crippen LogP contribution >= 0.6 is 0 Å². The zero-order chi connectivity index (χ0) is 13.8. The number of anilines is 1. The van der Waals surface area contributed by atoms with Crippen LogP contribution in [0.5, 0.6) is 0 Å². The molecule has 3 N–H and O–H groups in total. The fourth-order valence-electron chi connectivity index (χ4n) is 1.06. The molecule has 4 heteroatoms. The summed E-state index contributed by atoms with van der Waals surface area (Å²) in [7, 11) is 0. The van der Waals surface area contributed by atoms with Gasteiger partial charge >= 0.3 is 0 Å². The summed E-state index contributed by atoms with van der Waals surface area (Å²) in [5.74, 6) is 0. The molecule has 0 aromatic heterocycles. The summed E-state index contributed by atoms with van der Waals surface area (Å²) in [6.45, 7) is 9.90. The summed E-state index contributed by atoms with van der Waals surface area (Å²) < 4.78 is 4.90. The summed E-state index contributed by atoms with van der Waals surface area (Å²) in [5, 5.41) is 11.5. The fourth-order valence-corrected chi connectivity index (χ4v) is 1.06. The van der Waals surface area contributed by atoms with E-state index >= 15 is 0 Å². The molecule has 0 saturated heterocycles. The number of hydrogen-bond acceptors (Lipinski definition) is 4. The normalized spacial score (nSPS) is 10.2. The molecule has 0 heterocycles. The van der Waals surface area contributed by atoms with Crippen LogP contribution in [0.2, 0.25) is 0 Å². The lowest BCUT2D eigenvalue weighted by atomic mass is 10.1. The quantitative estimate of drug-likeness (QED) is 0.210. The molecule has 0 aliphatic heterocycles. The SMILES string of the molecule is C=CCOCC=C.CC(=NO)c1cccc(N)c1. The van der Waals surface area contributed by atoms with Crippen LogP contribution < -0.4 is 5.73 Å². The van der Waals surface area contributed by atoms with Crippen LogP contribution in [0.3, 0.4) is 0 Å². The first kappa shape index (κ1) is 15.9. The summed E-state index contributed by atoms with van der Waals surface area (Å²) in [5.41, 5.74) is 7.59. The molecule has 0 saturated carbocycles. The molecule has 0 radical (unpaired) electrons.